The SMILES string of the molecule is CN(c1nc(-c2ccc(F)cc2)cs1)c1c(C2CC2)nc2ccc(Br)cn12. The molecular formula is C20H16BrFN4S. The second-order valence-electron chi connectivity index (χ2n) is 6.75. The van der Waals surface area contributed by atoms with Gasteiger partial charge in [0.25, 0.3) is 0 Å². The van der Waals surface area contributed by atoms with Crippen molar-refractivity contribution in [3.63, 3.8) is 0 Å². The van der Waals surface area contributed by atoms with Crippen molar-refractivity contribution in [2.24, 2.45) is 0 Å². The van der Waals surface area contributed by atoms with Crippen molar-refractivity contribution in [3.05, 3.63) is 64.0 Å². The molecule has 3 heterocycles. The maximum atomic E-state index is 13.2. The minimum absolute atomic E-state index is 0.239. The van der Waals surface area contributed by atoms with Crippen LogP contribution in [0, 0.1) is 5.82 Å². The number of anilines is 2. The molecule has 1 aliphatic rings. The summed E-state index contributed by atoms with van der Waals surface area (Å²) in [5.74, 6) is 1.35. The Kier molecular flexibility index (Phi) is 4.02. The van der Waals surface area contributed by atoms with Gasteiger partial charge in [-0.1, -0.05) is 0 Å². The summed E-state index contributed by atoms with van der Waals surface area (Å²) in [6, 6.07) is 10.5. The molecule has 0 amide bonds. The van der Waals surface area contributed by atoms with Gasteiger partial charge in [0.05, 0.1) is 11.4 Å². The van der Waals surface area contributed by atoms with Crippen LogP contribution < -0.4 is 4.90 Å². The quantitative estimate of drug-likeness (QED) is 0.388. The summed E-state index contributed by atoms with van der Waals surface area (Å²) in [6.07, 6.45) is 4.42. The maximum Gasteiger partial charge on any atom is 0.191 e. The Morgan fingerprint density at radius 2 is 1.93 bits per heavy atom. The lowest BCUT2D eigenvalue weighted by molar-refractivity contribution is 0.628. The van der Waals surface area contributed by atoms with Crippen molar-refractivity contribution in [1.82, 2.24) is 14.4 Å². The van der Waals surface area contributed by atoms with Gasteiger partial charge in [-0.25, -0.2) is 14.4 Å². The summed E-state index contributed by atoms with van der Waals surface area (Å²) in [5.41, 5.74) is 3.84. The highest BCUT2D eigenvalue weighted by atomic mass is 79.9. The Balaban J connectivity index is 1.58. The fourth-order valence-corrected chi connectivity index (χ4v) is 4.39. The van der Waals surface area contributed by atoms with E-state index < -0.39 is 0 Å². The first kappa shape index (κ1) is 16.9. The summed E-state index contributed by atoms with van der Waals surface area (Å²) in [4.78, 5) is 11.8. The van der Waals surface area contributed by atoms with Crippen LogP contribution in [0.3, 0.4) is 0 Å². The van der Waals surface area contributed by atoms with Gasteiger partial charge in [0, 0.05) is 34.6 Å². The lowest BCUT2D eigenvalue weighted by Gasteiger charge is -2.17. The first-order chi connectivity index (χ1) is 13.1. The number of imidazole rings is 1. The molecule has 1 aromatic carbocycles. The van der Waals surface area contributed by atoms with E-state index in [0.29, 0.717) is 5.92 Å². The third-order valence-electron chi connectivity index (χ3n) is 4.78. The van der Waals surface area contributed by atoms with Crippen LogP contribution in [0.15, 0.2) is 52.4 Å². The zero-order valence-corrected chi connectivity index (χ0v) is 17.0. The highest BCUT2D eigenvalue weighted by molar-refractivity contribution is 9.10. The van der Waals surface area contributed by atoms with E-state index in [2.05, 4.69) is 31.4 Å². The van der Waals surface area contributed by atoms with Crippen LogP contribution >= 0.6 is 27.3 Å². The van der Waals surface area contributed by atoms with Gasteiger partial charge < -0.3 is 4.90 Å². The summed E-state index contributed by atoms with van der Waals surface area (Å²) < 4.78 is 16.3. The molecule has 136 valence electrons. The molecule has 0 atom stereocenters. The van der Waals surface area contributed by atoms with E-state index in [9.17, 15) is 4.39 Å². The van der Waals surface area contributed by atoms with Crippen molar-refractivity contribution in [1.29, 1.82) is 0 Å². The standard InChI is InChI=1S/C20H16BrFN4S/c1-25(20-23-16(11-27-20)12-4-7-15(22)8-5-12)19-18(13-2-3-13)24-17-9-6-14(21)10-26(17)19/h4-11,13H,2-3H2,1H3. The van der Waals surface area contributed by atoms with Gasteiger partial charge in [0.2, 0.25) is 0 Å². The number of pyridine rings is 1. The molecular weight excluding hydrogens is 427 g/mol. The monoisotopic (exact) mass is 442 g/mol. The molecule has 7 heteroatoms. The first-order valence-corrected chi connectivity index (χ1v) is 10.4. The van der Waals surface area contributed by atoms with Crippen molar-refractivity contribution < 1.29 is 4.39 Å². The Morgan fingerprint density at radius 3 is 2.67 bits per heavy atom. The highest BCUT2D eigenvalue weighted by Gasteiger charge is 2.32. The molecule has 0 N–H and O–H groups in total. The van der Waals surface area contributed by atoms with E-state index in [0.717, 1.165) is 38.0 Å². The van der Waals surface area contributed by atoms with E-state index in [4.69, 9.17) is 9.97 Å². The van der Waals surface area contributed by atoms with Crippen LogP contribution in [0.1, 0.15) is 24.5 Å². The van der Waals surface area contributed by atoms with E-state index in [1.807, 2.05) is 24.6 Å². The van der Waals surface area contributed by atoms with Crippen LogP contribution in [0.25, 0.3) is 16.9 Å². The molecule has 0 unspecified atom stereocenters. The van der Waals surface area contributed by atoms with Gasteiger partial charge in [-0.15, -0.1) is 11.3 Å². The fourth-order valence-electron chi connectivity index (χ4n) is 3.25. The second-order valence-corrected chi connectivity index (χ2v) is 8.50. The number of benzene rings is 1. The molecule has 0 spiro atoms. The van der Waals surface area contributed by atoms with E-state index >= 15 is 0 Å². The van der Waals surface area contributed by atoms with Gasteiger partial charge >= 0.3 is 0 Å². The predicted octanol–water partition coefficient (Wildman–Crippen LogP) is 6.00. The molecule has 1 fully saturated rings. The predicted molar refractivity (Wildman–Crippen MR) is 110 cm³/mol. The second kappa shape index (κ2) is 6.42. The molecule has 5 rings (SSSR count). The number of rotatable bonds is 4. The molecule has 27 heavy (non-hydrogen) atoms. The zero-order valence-electron chi connectivity index (χ0n) is 14.6. The van der Waals surface area contributed by atoms with E-state index in [1.54, 1.807) is 23.5 Å². The normalized spacial score (nSPS) is 14.0. The summed E-state index contributed by atoms with van der Waals surface area (Å²) in [7, 11) is 2.03. The van der Waals surface area contributed by atoms with Gasteiger partial charge in [0.1, 0.15) is 17.3 Å². The van der Waals surface area contributed by atoms with Gasteiger partial charge in [-0.05, 0) is 65.2 Å². The molecule has 0 radical (unpaired) electrons. The van der Waals surface area contributed by atoms with Crippen molar-refractivity contribution in [3.8, 4) is 11.3 Å². The largest absolute Gasteiger partial charge is 0.305 e. The third kappa shape index (κ3) is 3.04. The third-order valence-corrected chi connectivity index (χ3v) is 6.17. The number of hydrogen-bond donors (Lipinski definition) is 0. The topological polar surface area (TPSA) is 33.4 Å². The van der Waals surface area contributed by atoms with Crippen LogP contribution in [-0.4, -0.2) is 21.4 Å². The number of nitrogens with zero attached hydrogens (tertiary/aromatic N) is 4. The molecule has 3 aromatic heterocycles. The Morgan fingerprint density at radius 1 is 1.15 bits per heavy atom. The molecule has 4 nitrogen and oxygen atoms in total. The van der Waals surface area contributed by atoms with Crippen LogP contribution in [0.4, 0.5) is 15.3 Å². The number of fused-ring (bicyclic) bond motifs is 1. The molecule has 4 aromatic rings. The number of halogens is 2. The lowest BCUT2D eigenvalue weighted by Crippen LogP contribution is -2.13. The van der Waals surface area contributed by atoms with Gasteiger partial charge in [-0.3, -0.25) is 4.40 Å². The number of hydrogen-bond acceptors (Lipinski definition) is 4. The maximum absolute atomic E-state index is 13.2. The molecule has 0 bridgehead atoms. The first-order valence-electron chi connectivity index (χ1n) is 8.73. The van der Waals surface area contributed by atoms with Crippen LogP contribution in [-0.2, 0) is 0 Å². The minimum Gasteiger partial charge on any atom is -0.305 e. The van der Waals surface area contributed by atoms with E-state index in [1.165, 1.54) is 25.0 Å². The Bertz CT molecular complexity index is 1130. The van der Waals surface area contributed by atoms with Crippen LogP contribution in [0.5, 0.6) is 0 Å². The molecule has 0 saturated heterocycles. The van der Waals surface area contributed by atoms with E-state index in [-0.39, 0.29) is 5.82 Å². The number of thiazole rings is 1. The average molecular weight is 443 g/mol. The van der Waals surface area contributed by atoms with Crippen molar-refractivity contribution in [2.75, 3.05) is 11.9 Å². The summed E-state index contributed by atoms with van der Waals surface area (Å²) >= 11 is 5.14. The lowest BCUT2D eigenvalue weighted by atomic mass is 10.2. The summed E-state index contributed by atoms with van der Waals surface area (Å²) in [5, 5.41) is 2.90. The molecule has 0 aliphatic heterocycles. The fraction of sp³-hybridized carbons (Fsp3) is 0.200. The van der Waals surface area contributed by atoms with Crippen LogP contribution in [0.2, 0.25) is 0 Å². The molecule has 1 aliphatic carbocycles. The molecule has 1 saturated carbocycles. The zero-order chi connectivity index (χ0) is 18.5. The smallest absolute Gasteiger partial charge is 0.191 e. The van der Waals surface area contributed by atoms with Gasteiger partial charge in [0.15, 0.2) is 5.13 Å². The Labute approximate surface area is 168 Å². The van der Waals surface area contributed by atoms with Crippen molar-refractivity contribution >= 4 is 43.9 Å². The minimum atomic E-state index is -0.239. The highest BCUT2D eigenvalue weighted by Crippen LogP contribution is 2.45. The van der Waals surface area contributed by atoms with Gasteiger partial charge in [-0.2, -0.15) is 0 Å². The summed E-state index contributed by atoms with van der Waals surface area (Å²) in [6.45, 7) is 0. The number of aromatic nitrogens is 3. The Hall–Kier alpha value is -2.25. The average Bonchev–Trinajstić information content (AvgIpc) is 3.27. The van der Waals surface area contributed by atoms with Crippen molar-refractivity contribution in [2.45, 2.75) is 18.8 Å².